The number of carbonyl (C=O) groups is 1. The molecule has 0 spiro atoms. The quantitative estimate of drug-likeness (QED) is 0.342. The zero-order valence-electron chi connectivity index (χ0n) is 17.6. The summed E-state index contributed by atoms with van der Waals surface area (Å²) in [5, 5.41) is 37.8. The highest BCUT2D eigenvalue weighted by atomic mass is 32.1. The number of aromatic nitrogens is 4. The van der Waals surface area contributed by atoms with Gasteiger partial charge in [0.25, 0.3) is 0 Å². The Morgan fingerprint density at radius 3 is 2.58 bits per heavy atom. The van der Waals surface area contributed by atoms with E-state index in [0.717, 1.165) is 24.8 Å². The lowest BCUT2D eigenvalue weighted by molar-refractivity contribution is -0.219. The van der Waals surface area contributed by atoms with Gasteiger partial charge in [0.15, 0.2) is 12.1 Å². The molecule has 0 bridgehead atoms. The van der Waals surface area contributed by atoms with E-state index in [1.54, 1.807) is 12.4 Å². The van der Waals surface area contributed by atoms with Gasteiger partial charge in [0.1, 0.15) is 24.4 Å². The van der Waals surface area contributed by atoms with E-state index in [2.05, 4.69) is 22.3 Å². The maximum absolute atomic E-state index is 11.8. The number of pyridine rings is 1. The summed E-state index contributed by atoms with van der Waals surface area (Å²) in [4.78, 5) is 15.8. The normalized spacial score (nSPS) is 26.0. The average molecular weight is 452 g/mol. The first kappa shape index (κ1) is 23.5. The summed E-state index contributed by atoms with van der Waals surface area (Å²) in [6.45, 7) is 3.54. The first-order valence-corrected chi connectivity index (χ1v) is 10.8. The number of aliphatic hydroxyl groups is 3. The smallest absolute Gasteiger partial charge is 0.217 e. The second-order valence-electron chi connectivity index (χ2n) is 7.60. The molecule has 1 aliphatic rings. The Morgan fingerprint density at radius 2 is 1.97 bits per heavy atom. The molecule has 5 atom stereocenters. The highest BCUT2D eigenvalue weighted by Gasteiger charge is 2.46. The van der Waals surface area contributed by atoms with Crippen molar-refractivity contribution in [1.82, 2.24) is 24.6 Å². The van der Waals surface area contributed by atoms with E-state index in [0.29, 0.717) is 17.1 Å². The van der Waals surface area contributed by atoms with Gasteiger partial charge in [-0.3, -0.25) is 14.3 Å². The van der Waals surface area contributed by atoms with Crippen molar-refractivity contribution in [3.05, 3.63) is 29.3 Å². The van der Waals surface area contributed by atoms with E-state index in [9.17, 15) is 20.1 Å². The number of ether oxygens (including phenoxy) is 1. The predicted molar refractivity (Wildman–Crippen MR) is 114 cm³/mol. The average Bonchev–Trinajstić information content (AvgIpc) is 3.08. The summed E-state index contributed by atoms with van der Waals surface area (Å²) in [5.41, 5.74) is 0.808. The van der Waals surface area contributed by atoms with Crippen LogP contribution >= 0.6 is 12.2 Å². The molecule has 2 aromatic rings. The third-order valence-corrected chi connectivity index (χ3v) is 5.73. The van der Waals surface area contributed by atoms with Gasteiger partial charge in [-0.25, -0.2) is 4.68 Å². The third-order valence-electron chi connectivity index (χ3n) is 5.32. The van der Waals surface area contributed by atoms with Crippen molar-refractivity contribution in [2.75, 3.05) is 6.61 Å². The maximum atomic E-state index is 11.8. The summed E-state index contributed by atoms with van der Waals surface area (Å²) < 4.78 is 9.53. The summed E-state index contributed by atoms with van der Waals surface area (Å²) in [6, 6.07) is 2.63. The molecule has 1 aliphatic heterocycles. The Hall–Kier alpha value is -2.18. The zero-order chi connectivity index (χ0) is 22.5. The van der Waals surface area contributed by atoms with E-state index < -0.39 is 43.1 Å². The van der Waals surface area contributed by atoms with Crippen molar-refractivity contribution >= 4 is 18.1 Å². The van der Waals surface area contributed by atoms with E-state index >= 15 is 0 Å². The Balaban J connectivity index is 2.08. The molecule has 5 unspecified atom stereocenters. The van der Waals surface area contributed by atoms with Crippen LogP contribution in [0.4, 0.5) is 0 Å². The van der Waals surface area contributed by atoms with Crippen LogP contribution in [0.15, 0.2) is 24.5 Å². The molecule has 0 aromatic carbocycles. The van der Waals surface area contributed by atoms with Crippen LogP contribution in [0.3, 0.4) is 0 Å². The van der Waals surface area contributed by atoms with Crippen molar-refractivity contribution in [1.29, 1.82) is 0 Å². The molecular formula is C20H29N5O5S. The third kappa shape index (κ3) is 5.01. The molecule has 0 radical (unpaired) electrons. The molecule has 2 aromatic heterocycles. The van der Waals surface area contributed by atoms with Crippen LogP contribution in [0.5, 0.6) is 0 Å². The van der Waals surface area contributed by atoms with Gasteiger partial charge >= 0.3 is 0 Å². The molecule has 11 heteroatoms. The van der Waals surface area contributed by atoms with Crippen molar-refractivity contribution in [2.24, 2.45) is 0 Å². The number of nitrogens with zero attached hydrogens (tertiary/aromatic N) is 4. The largest absolute Gasteiger partial charge is 0.394 e. The van der Waals surface area contributed by atoms with Crippen molar-refractivity contribution < 1.29 is 24.9 Å². The Bertz CT molecular complexity index is 934. The summed E-state index contributed by atoms with van der Waals surface area (Å²) >= 11 is 5.70. The maximum Gasteiger partial charge on any atom is 0.217 e. The number of rotatable bonds is 8. The van der Waals surface area contributed by atoms with Gasteiger partial charge < -0.3 is 25.4 Å². The van der Waals surface area contributed by atoms with E-state index in [4.69, 9.17) is 17.0 Å². The van der Waals surface area contributed by atoms with Crippen LogP contribution < -0.4 is 5.32 Å². The SMILES string of the molecule is CCCCCn1c(-c2ccncc2)nn(C2OC(CO)C(O)C(O)C2NC(C)=O)c1=S. The minimum atomic E-state index is -1.38. The predicted octanol–water partition coefficient (Wildman–Crippen LogP) is 0.782. The van der Waals surface area contributed by atoms with E-state index in [-0.39, 0.29) is 0 Å². The van der Waals surface area contributed by atoms with Gasteiger partial charge in [-0.15, -0.1) is 5.10 Å². The summed E-state index contributed by atoms with van der Waals surface area (Å²) in [6.07, 6.45) is 1.46. The molecule has 10 nitrogen and oxygen atoms in total. The number of unbranched alkanes of at least 4 members (excludes halogenated alkanes) is 2. The fourth-order valence-electron chi connectivity index (χ4n) is 3.71. The van der Waals surface area contributed by atoms with Crippen LogP contribution in [-0.2, 0) is 16.1 Å². The van der Waals surface area contributed by atoms with Gasteiger partial charge in [-0.05, 0) is 30.8 Å². The number of hydrogen-bond donors (Lipinski definition) is 4. The molecule has 1 amide bonds. The highest BCUT2D eigenvalue weighted by Crippen LogP contribution is 2.30. The standard InChI is InChI=1S/C20H29N5O5S/c1-3-4-5-10-24-18(13-6-8-21-9-7-13)23-25(20(24)31)19-15(22-12(2)27)17(29)16(28)14(11-26)30-19/h6-9,14-17,19,26,28-29H,3-5,10-11H2,1-2H3,(H,22,27). The molecule has 3 rings (SSSR count). The monoisotopic (exact) mass is 451 g/mol. The minimum Gasteiger partial charge on any atom is -0.394 e. The van der Waals surface area contributed by atoms with Crippen molar-refractivity contribution in [3.63, 3.8) is 0 Å². The fraction of sp³-hybridized carbons (Fsp3) is 0.600. The number of carbonyl (C=O) groups excluding carboxylic acids is 1. The number of hydrogen-bond acceptors (Lipinski definition) is 8. The van der Waals surface area contributed by atoms with Gasteiger partial charge in [0, 0.05) is 31.4 Å². The molecule has 1 fully saturated rings. The Kier molecular flexibility index (Phi) is 7.89. The van der Waals surface area contributed by atoms with E-state index in [1.807, 2.05) is 16.7 Å². The zero-order valence-corrected chi connectivity index (χ0v) is 18.4. The molecular weight excluding hydrogens is 422 g/mol. The Labute approximate surface area is 185 Å². The highest BCUT2D eigenvalue weighted by molar-refractivity contribution is 7.71. The van der Waals surface area contributed by atoms with Crippen LogP contribution in [-0.4, -0.2) is 71.5 Å². The van der Waals surface area contributed by atoms with Gasteiger partial charge in [0.05, 0.1) is 6.61 Å². The van der Waals surface area contributed by atoms with Crippen molar-refractivity contribution in [2.45, 2.75) is 70.2 Å². The minimum absolute atomic E-state index is 0.351. The van der Waals surface area contributed by atoms with Crippen LogP contribution in [0.2, 0.25) is 0 Å². The summed E-state index contributed by atoms with van der Waals surface area (Å²) in [5.74, 6) is 0.199. The molecule has 31 heavy (non-hydrogen) atoms. The first-order chi connectivity index (χ1) is 14.9. The fourth-order valence-corrected chi connectivity index (χ4v) is 4.03. The van der Waals surface area contributed by atoms with Crippen LogP contribution in [0, 0.1) is 4.77 Å². The number of amides is 1. The molecule has 170 valence electrons. The molecule has 4 N–H and O–H groups in total. The van der Waals surface area contributed by atoms with Gasteiger partial charge in [-0.2, -0.15) is 0 Å². The van der Waals surface area contributed by atoms with Crippen LogP contribution in [0.25, 0.3) is 11.4 Å². The van der Waals surface area contributed by atoms with Gasteiger partial charge in [-0.1, -0.05) is 19.8 Å². The Morgan fingerprint density at radius 1 is 1.26 bits per heavy atom. The number of aliphatic hydroxyl groups excluding tert-OH is 3. The second kappa shape index (κ2) is 10.4. The molecule has 0 aliphatic carbocycles. The second-order valence-corrected chi connectivity index (χ2v) is 7.97. The lowest BCUT2D eigenvalue weighted by Crippen LogP contribution is -2.62. The summed E-state index contributed by atoms with van der Waals surface area (Å²) in [7, 11) is 0. The molecule has 1 saturated heterocycles. The molecule has 3 heterocycles. The number of nitrogens with one attached hydrogen (secondary N) is 1. The first-order valence-electron chi connectivity index (χ1n) is 10.4. The van der Waals surface area contributed by atoms with Crippen LogP contribution in [0.1, 0.15) is 39.3 Å². The van der Waals surface area contributed by atoms with Crippen molar-refractivity contribution in [3.8, 4) is 11.4 Å². The lowest BCUT2D eigenvalue weighted by Gasteiger charge is -2.42. The lowest BCUT2D eigenvalue weighted by atomic mass is 9.96. The van der Waals surface area contributed by atoms with Gasteiger partial charge in [0.2, 0.25) is 10.7 Å². The topological polar surface area (TPSA) is 135 Å². The van der Waals surface area contributed by atoms with E-state index in [1.165, 1.54) is 11.6 Å². The molecule has 0 saturated carbocycles.